The molecule has 2 saturated carbocycles. The first kappa shape index (κ1) is 14.1. The molecule has 0 aromatic rings. The van der Waals surface area contributed by atoms with E-state index in [1.54, 1.807) is 4.90 Å². The Morgan fingerprint density at radius 1 is 0.900 bits per heavy atom. The third-order valence-electron chi connectivity index (χ3n) is 5.62. The standard InChI is InChI=1S/C16H26N2O2/c17-12-6-2-1-3-7-13(12)18-14(19)10-16(11-15(18)20)8-4-5-9-16/h12-13H,1-11,17H2. The Morgan fingerprint density at radius 2 is 1.50 bits per heavy atom. The van der Waals surface area contributed by atoms with Gasteiger partial charge < -0.3 is 5.73 Å². The molecule has 4 heteroatoms. The van der Waals surface area contributed by atoms with Crippen molar-refractivity contribution >= 4 is 11.8 Å². The zero-order valence-corrected chi connectivity index (χ0v) is 12.3. The summed E-state index contributed by atoms with van der Waals surface area (Å²) in [6.45, 7) is 0. The molecule has 0 bridgehead atoms. The molecule has 112 valence electrons. The minimum absolute atomic E-state index is 0.000505. The van der Waals surface area contributed by atoms with E-state index in [1.807, 2.05) is 0 Å². The van der Waals surface area contributed by atoms with Crippen molar-refractivity contribution in [1.29, 1.82) is 0 Å². The van der Waals surface area contributed by atoms with Gasteiger partial charge in [0.1, 0.15) is 0 Å². The quantitative estimate of drug-likeness (QED) is 0.591. The van der Waals surface area contributed by atoms with E-state index < -0.39 is 0 Å². The lowest BCUT2D eigenvalue weighted by molar-refractivity contribution is -0.157. The van der Waals surface area contributed by atoms with Gasteiger partial charge in [-0.2, -0.15) is 0 Å². The molecule has 2 unspecified atom stereocenters. The molecule has 4 nitrogen and oxygen atoms in total. The first-order valence-corrected chi connectivity index (χ1v) is 8.22. The van der Waals surface area contributed by atoms with Gasteiger partial charge in [0.2, 0.25) is 11.8 Å². The summed E-state index contributed by atoms with van der Waals surface area (Å²) in [5.74, 6) is 0.0935. The topological polar surface area (TPSA) is 63.4 Å². The molecule has 2 aliphatic carbocycles. The van der Waals surface area contributed by atoms with Gasteiger partial charge in [-0.15, -0.1) is 0 Å². The number of piperidine rings is 1. The van der Waals surface area contributed by atoms with Crippen LogP contribution < -0.4 is 5.73 Å². The molecule has 2 amide bonds. The van der Waals surface area contributed by atoms with Gasteiger partial charge in [-0.05, 0) is 31.1 Å². The number of nitrogens with zero attached hydrogens (tertiary/aromatic N) is 1. The van der Waals surface area contributed by atoms with Crippen LogP contribution in [0.4, 0.5) is 0 Å². The highest BCUT2D eigenvalue weighted by atomic mass is 16.2. The number of likely N-dealkylation sites (tertiary alicyclic amines) is 1. The van der Waals surface area contributed by atoms with Crippen LogP contribution in [0.5, 0.6) is 0 Å². The smallest absolute Gasteiger partial charge is 0.230 e. The Bertz CT molecular complexity index is 381. The van der Waals surface area contributed by atoms with Gasteiger partial charge in [-0.3, -0.25) is 14.5 Å². The number of rotatable bonds is 1. The highest BCUT2D eigenvalue weighted by Gasteiger charge is 2.47. The van der Waals surface area contributed by atoms with Gasteiger partial charge in [0.05, 0.1) is 6.04 Å². The van der Waals surface area contributed by atoms with Crippen LogP contribution in [0.3, 0.4) is 0 Å². The second-order valence-electron chi connectivity index (χ2n) is 7.09. The minimum atomic E-state index is -0.0451. The van der Waals surface area contributed by atoms with Crippen LogP contribution >= 0.6 is 0 Å². The van der Waals surface area contributed by atoms with Crippen LogP contribution in [0.25, 0.3) is 0 Å². The Morgan fingerprint density at radius 3 is 2.15 bits per heavy atom. The van der Waals surface area contributed by atoms with E-state index >= 15 is 0 Å². The molecule has 0 radical (unpaired) electrons. The van der Waals surface area contributed by atoms with Crippen molar-refractivity contribution in [3.8, 4) is 0 Å². The molecule has 2 N–H and O–H groups in total. The van der Waals surface area contributed by atoms with E-state index in [4.69, 9.17) is 5.73 Å². The van der Waals surface area contributed by atoms with Gasteiger partial charge in [0.25, 0.3) is 0 Å². The molecule has 1 heterocycles. The average Bonchev–Trinajstić information content (AvgIpc) is 2.72. The highest BCUT2D eigenvalue weighted by molar-refractivity contribution is 5.99. The lowest BCUT2D eigenvalue weighted by Gasteiger charge is -2.42. The Balaban J connectivity index is 1.76. The number of nitrogens with two attached hydrogens (primary N) is 1. The molecule has 3 aliphatic rings. The molecular weight excluding hydrogens is 252 g/mol. The molecule has 2 atom stereocenters. The molecule has 1 saturated heterocycles. The van der Waals surface area contributed by atoms with Crippen LogP contribution in [0.15, 0.2) is 0 Å². The van der Waals surface area contributed by atoms with Crippen molar-refractivity contribution < 1.29 is 9.59 Å². The van der Waals surface area contributed by atoms with Crippen molar-refractivity contribution in [3.05, 3.63) is 0 Å². The third kappa shape index (κ3) is 2.50. The number of carbonyl (C=O) groups is 2. The molecule has 1 spiro atoms. The fourth-order valence-corrected chi connectivity index (χ4v) is 4.50. The van der Waals surface area contributed by atoms with Crippen molar-refractivity contribution in [1.82, 2.24) is 4.90 Å². The van der Waals surface area contributed by atoms with E-state index in [9.17, 15) is 9.59 Å². The van der Waals surface area contributed by atoms with Crippen molar-refractivity contribution in [2.75, 3.05) is 0 Å². The van der Waals surface area contributed by atoms with Crippen LogP contribution in [-0.4, -0.2) is 28.8 Å². The van der Waals surface area contributed by atoms with Crippen molar-refractivity contribution in [2.24, 2.45) is 11.1 Å². The zero-order valence-electron chi connectivity index (χ0n) is 12.3. The van der Waals surface area contributed by atoms with Gasteiger partial charge in [0, 0.05) is 18.9 Å². The number of hydrogen-bond donors (Lipinski definition) is 1. The fraction of sp³-hybridized carbons (Fsp3) is 0.875. The normalized spacial score (nSPS) is 34.5. The fourth-order valence-electron chi connectivity index (χ4n) is 4.50. The summed E-state index contributed by atoms with van der Waals surface area (Å²) in [5, 5.41) is 0. The van der Waals surface area contributed by atoms with Crippen molar-refractivity contribution in [3.63, 3.8) is 0 Å². The maximum absolute atomic E-state index is 12.6. The van der Waals surface area contributed by atoms with E-state index in [0.29, 0.717) is 12.8 Å². The second kappa shape index (κ2) is 5.47. The summed E-state index contributed by atoms with van der Waals surface area (Å²) in [4.78, 5) is 26.7. The van der Waals surface area contributed by atoms with Crippen LogP contribution in [0.1, 0.15) is 70.6 Å². The predicted molar refractivity (Wildman–Crippen MR) is 76.8 cm³/mol. The SMILES string of the molecule is NC1CCCCCC1N1C(=O)CC2(CCCC2)CC1=O. The molecule has 3 fully saturated rings. The van der Waals surface area contributed by atoms with E-state index in [0.717, 1.165) is 38.5 Å². The second-order valence-corrected chi connectivity index (χ2v) is 7.09. The maximum Gasteiger partial charge on any atom is 0.230 e. The van der Waals surface area contributed by atoms with E-state index in [-0.39, 0.29) is 29.3 Å². The number of amides is 2. The molecule has 20 heavy (non-hydrogen) atoms. The summed E-state index contributed by atoms with van der Waals surface area (Å²) in [5.41, 5.74) is 6.23. The Kier molecular flexibility index (Phi) is 3.85. The van der Waals surface area contributed by atoms with Crippen molar-refractivity contribution in [2.45, 2.75) is 82.7 Å². The summed E-state index contributed by atoms with van der Waals surface area (Å²) in [7, 11) is 0. The number of carbonyl (C=O) groups excluding carboxylic acids is 2. The molecule has 3 rings (SSSR count). The van der Waals surface area contributed by atoms with E-state index in [1.165, 1.54) is 19.3 Å². The monoisotopic (exact) mass is 278 g/mol. The van der Waals surface area contributed by atoms with Gasteiger partial charge in [-0.1, -0.05) is 32.1 Å². The first-order chi connectivity index (χ1) is 9.61. The maximum atomic E-state index is 12.6. The molecule has 0 aromatic heterocycles. The van der Waals surface area contributed by atoms with Gasteiger partial charge in [0.15, 0.2) is 0 Å². The van der Waals surface area contributed by atoms with Gasteiger partial charge >= 0.3 is 0 Å². The van der Waals surface area contributed by atoms with Gasteiger partial charge in [-0.25, -0.2) is 0 Å². The highest BCUT2D eigenvalue weighted by Crippen LogP contribution is 2.47. The average molecular weight is 278 g/mol. The van der Waals surface area contributed by atoms with Crippen LogP contribution in [-0.2, 0) is 9.59 Å². The minimum Gasteiger partial charge on any atom is -0.326 e. The number of imide groups is 1. The summed E-state index contributed by atoms with van der Waals surface area (Å²) < 4.78 is 0. The lowest BCUT2D eigenvalue weighted by Crippen LogP contribution is -2.57. The Labute approximate surface area is 121 Å². The predicted octanol–water partition coefficient (Wildman–Crippen LogP) is 2.36. The van der Waals surface area contributed by atoms with E-state index in [2.05, 4.69) is 0 Å². The third-order valence-corrected chi connectivity index (χ3v) is 5.62. The van der Waals surface area contributed by atoms with Crippen LogP contribution in [0, 0.1) is 5.41 Å². The first-order valence-electron chi connectivity index (χ1n) is 8.22. The molecular formula is C16H26N2O2. The summed E-state index contributed by atoms with van der Waals surface area (Å²) >= 11 is 0. The molecule has 0 aromatic carbocycles. The molecule has 1 aliphatic heterocycles. The summed E-state index contributed by atoms with van der Waals surface area (Å²) in [6, 6.07) is -0.0701. The lowest BCUT2D eigenvalue weighted by atomic mass is 9.75. The van der Waals surface area contributed by atoms with Crippen LogP contribution in [0.2, 0.25) is 0 Å². The Hall–Kier alpha value is -0.900. The zero-order chi connectivity index (χ0) is 14.2. The largest absolute Gasteiger partial charge is 0.326 e. The summed E-state index contributed by atoms with van der Waals surface area (Å²) in [6.07, 6.45) is 10.8. The number of hydrogen-bond acceptors (Lipinski definition) is 3.